The van der Waals surface area contributed by atoms with Crippen LogP contribution in [0.25, 0.3) is 0 Å². The molecule has 0 unspecified atom stereocenters. The van der Waals surface area contributed by atoms with Crippen molar-refractivity contribution in [1.82, 2.24) is 0 Å². The van der Waals surface area contributed by atoms with E-state index in [1.807, 2.05) is 6.92 Å². The molecule has 2 heterocycles. The van der Waals surface area contributed by atoms with Crippen LogP contribution in [0.5, 0.6) is 0 Å². The second-order valence-electron chi connectivity index (χ2n) is 3.63. The third-order valence-corrected chi connectivity index (χ3v) is 6.01. The fourth-order valence-corrected chi connectivity index (χ4v) is 4.58. The number of aryl methyl sites for hydroxylation is 1. The molecule has 0 bridgehead atoms. The molecule has 0 atom stereocenters. The normalized spacial score (nSPS) is 11.3. The monoisotopic (exact) mass is 317 g/mol. The third-order valence-electron chi connectivity index (χ3n) is 2.26. The van der Waals surface area contributed by atoms with Crippen LogP contribution in [0.4, 0.5) is 5.69 Å². The molecule has 0 aliphatic rings. The molecule has 8 heteroatoms. The van der Waals surface area contributed by atoms with E-state index in [1.54, 1.807) is 11.4 Å². The van der Waals surface area contributed by atoms with Gasteiger partial charge in [-0.15, -0.1) is 22.7 Å². The first-order valence-corrected chi connectivity index (χ1v) is 8.37. The molecule has 0 spiro atoms. The van der Waals surface area contributed by atoms with E-state index in [4.69, 9.17) is 0 Å². The average Bonchev–Trinajstić information content (AvgIpc) is 2.97. The molecule has 0 aromatic carbocycles. The summed E-state index contributed by atoms with van der Waals surface area (Å²) in [7, 11) is -2.41. The minimum Gasteiger partial charge on any atom is -0.465 e. The smallest absolute Gasteiger partial charge is 0.350 e. The van der Waals surface area contributed by atoms with Crippen molar-refractivity contribution >= 4 is 44.4 Å². The third kappa shape index (κ3) is 2.96. The van der Waals surface area contributed by atoms with Gasteiger partial charge in [-0.2, -0.15) is 0 Å². The summed E-state index contributed by atoms with van der Waals surface area (Å²) in [4.78, 5) is 12.6. The maximum absolute atomic E-state index is 12.1. The lowest BCUT2D eigenvalue weighted by Crippen LogP contribution is -2.13. The highest BCUT2D eigenvalue weighted by molar-refractivity contribution is 7.94. The lowest BCUT2D eigenvalue weighted by atomic mass is 10.4. The highest BCUT2D eigenvalue weighted by atomic mass is 32.2. The Morgan fingerprint density at radius 2 is 2.05 bits per heavy atom. The zero-order valence-corrected chi connectivity index (χ0v) is 12.6. The van der Waals surface area contributed by atoms with Crippen molar-refractivity contribution in [2.24, 2.45) is 0 Å². The molecule has 19 heavy (non-hydrogen) atoms. The molecule has 2 aromatic rings. The van der Waals surface area contributed by atoms with Gasteiger partial charge in [0.05, 0.1) is 12.8 Å². The van der Waals surface area contributed by atoms with E-state index in [0.29, 0.717) is 0 Å². The van der Waals surface area contributed by atoms with Crippen molar-refractivity contribution in [3.63, 3.8) is 0 Å². The predicted molar refractivity (Wildman–Crippen MR) is 75.5 cm³/mol. The quantitative estimate of drug-likeness (QED) is 0.880. The second kappa shape index (κ2) is 5.32. The zero-order chi connectivity index (χ0) is 14.0. The van der Waals surface area contributed by atoms with E-state index in [9.17, 15) is 13.2 Å². The first-order valence-electron chi connectivity index (χ1n) is 5.19. The molecule has 0 aliphatic carbocycles. The van der Waals surface area contributed by atoms with Gasteiger partial charge in [0.25, 0.3) is 10.0 Å². The number of hydrogen-bond acceptors (Lipinski definition) is 6. The molecular weight excluding hydrogens is 306 g/mol. The molecule has 0 radical (unpaired) electrons. The summed E-state index contributed by atoms with van der Waals surface area (Å²) in [6, 6.07) is 4.80. The standard InChI is InChI=1S/C11H11NO4S3/c1-7-3-4-9(18-7)19(14,15)12-8-5-6-17-10(8)11(13)16-2/h3-6,12H,1-2H3. The molecule has 2 aromatic heterocycles. The maximum atomic E-state index is 12.1. The molecule has 0 amide bonds. The van der Waals surface area contributed by atoms with Gasteiger partial charge in [-0.1, -0.05) is 0 Å². The highest BCUT2D eigenvalue weighted by Crippen LogP contribution is 2.28. The van der Waals surface area contributed by atoms with Crippen LogP contribution < -0.4 is 4.72 Å². The highest BCUT2D eigenvalue weighted by Gasteiger charge is 2.21. The number of thiophene rings is 2. The Bertz CT molecular complexity index is 699. The summed E-state index contributed by atoms with van der Waals surface area (Å²) in [5.74, 6) is -0.560. The zero-order valence-electron chi connectivity index (χ0n) is 10.2. The van der Waals surface area contributed by atoms with E-state index >= 15 is 0 Å². The van der Waals surface area contributed by atoms with Crippen LogP contribution >= 0.6 is 22.7 Å². The fourth-order valence-electron chi connectivity index (χ4n) is 1.39. The molecule has 2 rings (SSSR count). The molecule has 5 nitrogen and oxygen atoms in total. The summed E-state index contributed by atoms with van der Waals surface area (Å²) in [6.45, 7) is 1.83. The van der Waals surface area contributed by atoms with Gasteiger partial charge in [-0.25, -0.2) is 13.2 Å². The van der Waals surface area contributed by atoms with Gasteiger partial charge in [-0.05, 0) is 30.5 Å². The van der Waals surface area contributed by atoms with E-state index < -0.39 is 16.0 Å². The topological polar surface area (TPSA) is 72.5 Å². The van der Waals surface area contributed by atoms with Crippen LogP contribution in [0.1, 0.15) is 14.5 Å². The first kappa shape index (κ1) is 14.0. The number of carbonyl (C=O) groups excluding carboxylic acids is 1. The van der Waals surface area contributed by atoms with E-state index in [-0.39, 0.29) is 14.8 Å². The Morgan fingerprint density at radius 3 is 2.63 bits per heavy atom. The summed E-state index contributed by atoms with van der Waals surface area (Å²) in [6.07, 6.45) is 0. The largest absolute Gasteiger partial charge is 0.465 e. The Morgan fingerprint density at radius 1 is 1.32 bits per heavy atom. The number of hydrogen-bond donors (Lipinski definition) is 1. The second-order valence-corrected chi connectivity index (χ2v) is 7.74. The lowest BCUT2D eigenvalue weighted by molar-refractivity contribution is 0.0607. The van der Waals surface area contributed by atoms with Gasteiger partial charge in [0.1, 0.15) is 9.09 Å². The van der Waals surface area contributed by atoms with Crippen LogP contribution in [0.2, 0.25) is 0 Å². The number of rotatable bonds is 4. The Kier molecular flexibility index (Phi) is 3.93. The number of esters is 1. The van der Waals surface area contributed by atoms with Crippen LogP contribution in [0, 0.1) is 6.92 Å². The van der Waals surface area contributed by atoms with Crippen molar-refractivity contribution in [2.45, 2.75) is 11.1 Å². The van der Waals surface area contributed by atoms with Crippen molar-refractivity contribution in [1.29, 1.82) is 0 Å². The van der Waals surface area contributed by atoms with Crippen LogP contribution in [-0.4, -0.2) is 21.5 Å². The fraction of sp³-hybridized carbons (Fsp3) is 0.182. The van der Waals surface area contributed by atoms with Gasteiger partial charge >= 0.3 is 5.97 Å². The summed E-state index contributed by atoms with van der Waals surface area (Å²) >= 11 is 2.30. The molecule has 0 fully saturated rings. The van der Waals surface area contributed by atoms with Crippen molar-refractivity contribution in [2.75, 3.05) is 11.8 Å². The van der Waals surface area contributed by atoms with E-state index in [1.165, 1.54) is 30.6 Å². The number of nitrogens with one attached hydrogen (secondary N) is 1. The van der Waals surface area contributed by atoms with Gasteiger partial charge in [0, 0.05) is 4.88 Å². The van der Waals surface area contributed by atoms with Crippen LogP contribution in [0.3, 0.4) is 0 Å². The van der Waals surface area contributed by atoms with Crippen molar-refractivity contribution < 1.29 is 17.9 Å². The van der Waals surface area contributed by atoms with Crippen LogP contribution in [-0.2, 0) is 14.8 Å². The van der Waals surface area contributed by atoms with Gasteiger partial charge in [0.2, 0.25) is 0 Å². The number of sulfonamides is 1. The van der Waals surface area contributed by atoms with Gasteiger partial charge in [-0.3, -0.25) is 4.72 Å². The number of carbonyl (C=O) groups is 1. The van der Waals surface area contributed by atoms with E-state index in [2.05, 4.69) is 9.46 Å². The minimum atomic E-state index is -3.66. The maximum Gasteiger partial charge on any atom is 0.350 e. The average molecular weight is 317 g/mol. The molecule has 102 valence electrons. The Balaban J connectivity index is 2.31. The molecular formula is C11H11NO4S3. The van der Waals surface area contributed by atoms with Crippen LogP contribution in [0.15, 0.2) is 27.8 Å². The summed E-state index contributed by atoms with van der Waals surface area (Å²) in [5, 5.41) is 1.63. The lowest BCUT2D eigenvalue weighted by Gasteiger charge is -2.06. The summed E-state index contributed by atoms with van der Waals surface area (Å²) < 4.78 is 31.5. The summed E-state index contributed by atoms with van der Waals surface area (Å²) in [5.41, 5.74) is 0.239. The molecule has 1 N–H and O–H groups in total. The van der Waals surface area contributed by atoms with Gasteiger partial charge in [0.15, 0.2) is 0 Å². The number of anilines is 1. The molecule has 0 saturated carbocycles. The van der Waals surface area contributed by atoms with Gasteiger partial charge < -0.3 is 4.74 Å². The Hall–Kier alpha value is -1.38. The minimum absolute atomic E-state index is 0.215. The SMILES string of the molecule is COC(=O)c1sccc1NS(=O)(=O)c1ccc(C)s1. The first-order chi connectivity index (χ1) is 8.94. The number of methoxy groups -OCH3 is 1. The Labute approximate surface area is 118 Å². The number of ether oxygens (including phenoxy) is 1. The molecule has 0 aliphatic heterocycles. The van der Waals surface area contributed by atoms with E-state index in [0.717, 1.165) is 16.2 Å². The molecule has 0 saturated heterocycles. The van der Waals surface area contributed by atoms with Crippen molar-refractivity contribution in [3.8, 4) is 0 Å². The van der Waals surface area contributed by atoms with Crippen molar-refractivity contribution in [3.05, 3.63) is 33.3 Å². The predicted octanol–water partition coefficient (Wildman–Crippen LogP) is 2.71.